The molecule has 1 rings (SSSR count). The molecule has 1 aliphatic heterocycles. The number of hydrogen-bond donors (Lipinski definition) is 2. The highest BCUT2D eigenvalue weighted by molar-refractivity contribution is 5.80. The third kappa shape index (κ3) is 2.88. The van der Waals surface area contributed by atoms with E-state index < -0.39 is 0 Å². The molecule has 0 aromatic carbocycles. The van der Waals surface area contributed by atoms with Gasteiger partial charge >= 0.3 is 0 Å². The van der Waals surface area contributed by atoms with Crippen LogP contribution < -0.4 is 5.73 Å². The van der Waals surface area contributed by atoms with Crippen molar-refractivity contribution in [3.8, 4) is 0 Å². The van der Waals surface area contributed by atoms with Crippen LogP contribution >= 0.6 is 0 Å². The monoisotopic (exact) mass is 227 g/mol. The van der Waals surface area contributed by atoms with Gasteiger partial charge in [0.25, 0.3) is 0 Å². The van der Waals surface area contributed by atoms with E-state index in [2.05, 4.69) is 30.8 Å². The molecular formula is C12H25N3O. The molecule has 1 aliphatic rings. The molecule has 0 aromatic heterocycles. The highest BCUT2D eigenvalue weighted by Crippen LogP contribution is 2.30. The first kappa shape index (κ1) is 13.3. The number of hydrogen-bond acceptors (Lipinski definition) is 3. The standard InChI is InChI=1S/C12H25N3O/c1-4-10-7-6-9(3)15(10)11(5-2)8-12(13)14-16/h9-11,16H,4-8H2,1-3H3,(H2,13,14). The quantitative estimate of drug-likeness (QED) is 0.327. The maximum absolute atomic E-state index is 8.66. The number of nitrogens with two attached hydrogens (primary N) is 1. The lowest BCUT2D eigenvalue weighted by molar-refractivity contribution is 0.131. The molecule has 4 nitrogen and oxygen atoms in total. The average Bonchev–Trinajstić information content (AvgIpc) is 2.67. The Bertz CT molecular complexity index is 242. The fraction of sp³-hybridized carbons (Fsp3) is 0.917. The Morgan fingerprint density at radius 1 is 1.50 bits per heavy atom. The van der Waals surface area contributed by atoms with Gasteiger partial charge in [0.15, 0.2) is 0 Å². The van der Waals surface area contributed by atoms with Crippen LogP contribution in [-0.2, 0) is 0 Å². The molecule has 0 saturated carbocycles. The van der Waals surface area contributed by atoms with Crippen molar-refractivity contribution in [2.45, 2.75) is 71.0 Å². The topological polar surface area (TPSA) is 61.8 Å². The summed E-state index contributed by atoms with van der Waals surface area (Å²) in [5.41, 5.74) is 5.62. The summed E-state index contributed by atoms with van der Waals surface area (Å²) in [6.45, 7) is 6.70. The Labute approximate surface area is 98.5 Å². The summed E-state index contributed by atoms with van der Waals surface area (Å²) in [6.07, 6.45) is 5.47. The second kappa shape index (κ2) is 6.09. The average molecular weight is 227 g/mol. The van der Waals surface area contributed by atoms with E-state index in [0.717, 1.165) is 6.42 Å². The zero-order valence-corrected chi connectivity index (χ0v) is 10.7. The molecule has 1 fully saturated rings. The van der Waals surface area contributed by atoms with Crippen molar-refractivity contribution >= 4 is 5.84 Å². The van der Waals surface area contributed by atoms with Crippen molar-refractivity contribution in [2.24, 2.45) is 10.9 Å². The highest BCUT2D eigenvalue weighted by Gasteiger charge is 2.34. The Kier molecular flexibility index (Phi) is 5.06. The van der Waals surface area contributed by atoms with Crippen LogP contribution in [0.4, 0.5) is 0 Å². The predicted molar refractivity (Wildman–Crippen MR) is 66.7 cm³/mol. The van der Waals surface area contributed by atoms with Crippen LogP contribution in [0, 0.1) is 0 Å². The maximum Gasteiger partial charge on any atom is 0.140 e. The van der Waals surface area contributed by atoms with Gasteiger partial charge in [0, 0.05) is 24.5 Å². The number of rotatable bonds is 5. The highest BCUT2D eigenvalue weighted by atomic mass is 16.4. The van der Waals surface area contributed by atoms with E-state index in [0.29, 0.717) is 30.4 Å². The molecule has 94 valence electrons. The molecule has 0 amide bonds. The molecule has 3 N–H and O–H groups in total. The van der Waals surface area contributed by atoms with E-state index in [1.165, 1.54) is 19.3 Å². The maximum atomic E-state index is 8.66. The number of nitrogens with zero attached hydrogens (tertiary/aromatic N) is 2. The van der Waals surface area contributed by atoms with Crippen LogP contribution in [0.1, 0.15) is 52.9 Å². The van der Waals surface area contributed by atoms with Crippen LogP contribution in [0.25, 0.3) is 0 Å². The second-order valence-corrected chi connectivity index (χ2v) is 4.79. The summed E-state index contributed by atoms with van der Waals surface area (Å²) in [5.74, 6) is 0.348. The first-order valence-electron chi connectivity index (χ1n) is 6.37. The Morgan fingerprint density at radius 3 is 2.69 bits per heavy atom. The van der Waals surface area contributed by atoms with Crippen molar-refractivity contribution in [3.63, 3.8) is 0 Å². The molecule has 1 saturated heterocycles. The van der Waals surface area contributed by atoms with Crippen molar-refractivity contribution in [2.75, 3.05) is 0 Å². The number of likely N-dealkylation sites (tertiary alicyclic amines) is 1. The molecule has 4 heteroatoms. The van der Waals surface area contributed by atoms with Crippen LogP contribution in [0.3, 0.4) is 0 Å². The minimum atomic E-state index is 0.348. The smallest absolute Gasteiger partial charge is 0.140 e. The number of oxime groups is 1. The van der Waals surface area contributed by atoms with E-state index in [9.17, 15) is 0 Å². The van der Waals surface area contributed by atoms with Crippen molar-refractivity contribution in [3.05, 3.63) is 0 Å². The summed E-state index contributed by atoms with van der Waals surface area (Å²) in [6, 6.07) is 1.71. The van der Waals surface area contributed by atoms with Gasteiger partial charge in [-0.15, -0.1) is 0 Å². The molecule has 3 atom stereocenters. The Morgan fingerprint density at radius 2 is 2.19 bits per heavy atom. The summed E-state index contributed by atoms with van der Waals surface area (Å²) >= 11 is 0. The van der Waals surface area contributed by atoms with E-state index in [1.54, 1.807) is 0 Å². The van der Waals surface area contributed by atoms with Crippen LogP contribution in [-0.4, -0.2) is 34.1 Å². The predicted octanol–water partition coefficient (Wildman–Crippen LogP) is 2.16. The van der Waals surface area contributed by atoms with Gasteiger partial charge in [-0.25, -0.2) is 0 Å². The van der Waals surface area contributed by atoms with Crippen LogP contribution in [0.5, 0.6) is 0 Å². The van der Waals surface area contributed by atoms with Crippen molar-refractivity contribution < 1.29 is 5.21 Å². The molecule has 0 radical (unpaired) electrons. The van der Waals surface area contributed by atoms with E-state index >= 15 is 0 Å². The molecule has 1 heterocycles. The van der Waals surface area contributed by atoms with Gasteiger partial charge in [-0.3, -0.25) is 4.90 Å². The van der Waals surface area contributed by atoms with Gasteiger partial charge < -0.3 is 10.9 Å². The summed E-state index contributed by atoms with van der Waals surface area (Å²) in [5, 5.41) is 11.7. The van der Waals surface area contributed by atoms with E-state index in [1.807, 2.05) is 0 Å². The molecule has 0 spiro atoms. The molecule has 3 unspecified atom stereocenters. The third-order valence-electron chi connectivity index (χ3n) is 3.79. The fourth-order valence-corrected chi connectivity index (χ4v) is 2.91. The zero-order valence-electron chi connectivity index (χ0n) is 10.7. The largest absolute Gasteiger partial charge is 0.409 e. The van der Waals surface area contributed by atoms with Gasteiger partial charge in [-0.1, -0.05) is 19.0 Å². The molecular weight excluding hydrogens is 202 g/mol. The summed E-state index contributed by atoms with van der Waals surface area (Å²) < 4.78 is 0. The molecule has 0 aliphatic carbocycles. The van der Waals surface area contributed by atoms with E-state index in [4.69, 9.17) is 10.9 Å². The van der Waals surface area contributed by atoms with Gasteiger partial charge in [0.1, 0.15) is 5.84 Å². The molecule has 16 heavy (non-hydrogen) atoms. The minimum Gasteiger partial charge on any atom is -0.409 e. The van der Waals surface area contributed by atoms with Gasteiger partial charge in [0.2, 0.25) is 0 Å². The second-order valence-electron chi connectivity index (χ2n) is 4.79. The normalized spacial score (nSPS) is 29.6. The first-order valence-corrected chi connectivity index (χ1v) is 6.37. The van der Waals surface area contributed by atoms with Crippen molar-refractivity contribution in [1.29, 1.82) is 0 Å². The van der Waals surface area contributed by atoms with Gasteiger partial charge in [-0.2, -0.15) is 0 Å². The lowest BCUT2D eigenvalue weighted by Gasteiger charge is -2.35. The molecule has 0 aromatic rings. The van der Waals surface area contributed by atoms with Crippen LogP contribution in [0.2, 0.25) is 0 Å². The fourth-order valence-electron chi connectivity index (χ4n) is 2.91. The summed E-state index contributed by atoms with van der Waals surface area (Å²) in [7, 11) is 0. The lowest BCUT2D eigenvalue weighted by atomic mass is 10.1. The van der Waals surface area contributed by atoms with E-state index in [-0.39, 0.29) is 0 Å². The number of amidine groups is 1. The summed E-state index contributed by atoms with van der Waals surface area (Å²) in [4.78, 5) is 2.57. The van der Waals surface area contributed by atoms with Crippen LogP contribution in [0.15, 0.2) is 5.16 Å². The SMILES string of the molecule is CCC1CCC(C)N1C(CC)CC(N)=NO. The Hall–Kier alpha value is -0.770. The first-order chi connectivity index (χ1) is 7.63. The lowest BCUT2D eigenvalue weighted by Crippen LogP contribution is -2.44. The van der Waals surface area contributed by atoms with Gasteiger partial charge in [0.05, 0.1) is 0 Å². The molecule has 0 bridgehead atoms. The Balaban J connectivity index is 2.69. The third-order valence-corrected chi connectivity index (χ3v) is 3.79. The zero-order chi connectivity index (χ0) is 12.1. The van der Waals surface area contributed by atoms with Crippen molar-refractivity contribution in [1.82, 2.24) is 4.90 Å². The van der Waals surface area contributed by atoms with Gasteiger partial charge in [-0.05, 0) is 32.6 Å². The minimum absolute atomic E-state index is 0.348.